The number of methoxy groups -OCH3 is 1. The number of aliphatic hydroxyl groups excluding tert-OH is 1. The number of nitrogens with two attached hydrogens (primary N) is 1. The van der Waals surface area contributed by atoms with Crippen LogP contribution in [0.25, 0.3) is 0 Å². The highest BCUT2D eigenvalue weighted by atomic mass is 127. The summed E-state index contributed by atoms with van der Waals surface area (Å²) < 4.78 is 5.18. The number of β-amino-alcohol motifs (C(OH)–C–C–N with tert-alkyl or cyclic N) is 1. The zero-order valence-corrected chi connectivity index (χ0v) is 17.8. The third kappa shape index (κ3) is 6.37. The van der Waals surface area contributed by atoms with E-state index in [4.69, 9.17) is 10.5 Å². The number of ether oxygens (including phenoxy) is 1. The van der Waals surface area contributed by atoms with Crippen LogP contribution < -0.4 is 15.8 Å². The molecule has 1 aliphatic heterocycles. The molecule has 0 aromatic heterocycles. The summed E-state index contributed by atoms with van der Waals surface area (Å²) in [6.07, 6.45) is 0.469. The lowest BCUT2D eigenvalue weighted by molar-refractivity contribution is 0.112. The van der Waals surface area contributed by atoms with Gasteiger partial charge in [0.1, 0.15) is 5.75 Å². The average molecular weight is 482 g/mol. The molecule has 0 saturated carbocycles. The van der Waals surface area contributed by atoms with Gasteiger partial charge in [-0.2, -0.15) is 0 Å². The number of hydrogen-bond donors (Lipinski definition) is 3. The third-order valence-electron chi connectivity index (χ3n) is 4.49. The molecule has 1 atom stereocenters. The predicted molar refractivity (Wildman–Crippen MR) is 120 cm³/mol. The van der Waals surface area contributed by atoms with Crippen molar-refractivity contribution >= 4 is 35.6 Å². The van der Waals surface area contributed by atoms with Crippen LogP contribution in [-0.2, 0) is 13.0 Å². The molecule has 3 rings (SSSR count). The lowest BCUT2D eigenvalue weighted by atomic mass is 10.00. The lowest BCUT2D eigenvalue weighted by Crippen LogP contribution is -2.38. The van der Waals surface area contributed by atoms with Gasteiger partial charge in [-0.15, -0.1) is 24.0 Å². The van der Waals surface area contributed by atoms with Gasteiger partial charge in [-0.25, -0.2) is 0 Å². The van der Waals surface area contributed by atoms with Gasteiger partial charge in [-0.05, 0) is 29.7 Å². The van der Waals surface area contributed by atoms with Gasteiger partial charge in [0.15, 0.2) is 5.96 Å². The van der Waals surface area contributed by atoms with E-state index >= 15 is 0 Å². The lowest BCUT2D eigenvalue weighted by Gasteiger charge is -2.30. The highest BCUT2D eigenvalue weighted by Gasteiger charge is 2.18. The number of fused-ring (bicyclic) bond motifs is 1. The molecule has 27 heavy (non-hydrogen) atoms. The van der Waals surface area contributed by atoms with Gasteiger partial charge in [0.25, 0.3) is 0 Å². The first-order valence-electron chi connectivity index (χ1n) is 8.82. The molecular formula is C20H27IN4O2. The van der Waals surface area contributed by atoms with Gasteiger partial charge in [-0.1, -0.05) is 30.3 Å². The molecular weight excluding hydrogens is 455 g/mol. The minimum atomic E-state index is -0.550. The van der Waals surface area contributed by atoms with Gasteiger partial charge in [0, 0.05) is 31.4 Å². The highest BCUT2D eigenvalue weighted by Crippen LogP contribution is 2.18. The number of halogens is 1. The van der Waals surface area contributed by atoms with Gasteiger partial charge in [-0.3, -0.25) is 9.89 Å². The van der Waals surface area contributed by atoms with Gasteiger partial charge in [0.05, 0.1) is 19.8 Å². The van der Waals surface area contributed by atoms with Crippen LogP contribution in [0.2, 0.25) is 0 Å². The largest absolute Gasteiger partial charge is 0.497 e. The number of benzene rings is 2. The predicted octanol–water partition coefficient (Wildman–Crippen LogP) is 2.46. The third-order valence-corrected chi connectivity index (χ3v) is 4.49. The zero-order chi connectivity index (χ0) is 18.4. The van der Waals surface area contributed by atoms with E-state index in [1.807, 2.05) is 24.3 Å². The second-order valence-corrected chi connectivity index (χ2v) is 6.49. The summed E-state index contributed by atoms with van der Waals surface area (Å²) in [5.74, 6) is 1.02. The molecule has 0 saturated heterocycles. The van der Waals surface area contributed by atoms with Crippen LogP contribution in [0.1, 0.15) is 11.1 Å². The number of rotatable bonds is 6. The first kappa shape index (κ1) is 21.5. The summed E-state index contributed by atoms with van der Waals surface area (Å²) in [4.78, 5) is 6.51. The molecule has 0 fully saturated rings. The molecule has 0 amide bonds. The average Bonchev–Trinajstić information content (AvgIpc) is 2.66. The number of aliphatic imine (C=N–C) groups is 1. The number of nitrogens with zero attached hydrogens (tertiary/aromatic N) is 2. The van der Waals surface area contributed by atoms with Crippen molar-refractivity contribution in [3.63, 3.8) is 0 Å². The summed E-state index contributed by atoms with van der Waals surface area (Å²) in [6, 6.07) is 15.9. The van der Waals surface area contributed by atoms with Crippen molar-refractivity contribution in [2.24, 2.45) is 10.7 Å². The molecule has 0 aliphatic carbocycles. The Morgan fingerprint density at radius 3 is 2.81 bits per heavy atom. The van der Waals surface area contributed by atoms with Crippen molar-refractivity contribution in [1.82, 2.24) is 4.90 Å². The number of hydrogen-bond acceptors (Lipinski definition) is 4. The molecule has 6 nitrogen and oxygen atoms in total. The molecule has 2 aromatic carbocycles. The normalized spacial score (nSPS) is 15.4. The summed E-state index contributed by atoms with van der Waals surface area (Å²) in [5.41, 5.74) is 9.46. The van der Waals surface area contributed by atoms with Gasteiger partial charge < -0.3 is 20.9 Å². The molecule has 146 valence electrons. The van der Waals surface area contributed by atoms with Crippen molar-refractivity contribution in [3.8, 4) is 5.75 Å². The van der Waals surface area contributed by atoms with E-state index in [0.29, 0.717) is 6.54 Å². The monoisotopic (exact) mass is 482 g/mol. The van der Waals surface area contributed by atoms with Crippen molar-refractivity contribution in [2.45, 2.75) is 19.1 Å². The van der Waals surface area contributed by atoms with Crippen molar-refractivity contribution in [2.75, 3.05) is 32.1 Å². The molecule has 1 aliphatic rings. The minimum Gasteiger partial charge on any atom is -0.497 e. The summed E-state index contributed by atoms with van der Waals surface area (Å²) in [5, 5.41) is 13.3. The Labute approximate surface area is 177 Å². The Bertz CT molecular complexity index is 769. The number of guanidine groups is 1. The Kier molecular flexibility index (Phi) is 8.33. The zero-order valence-electron chi connectivity index (χ0n) is 15.5. The van der Waals surface area contributed by atoms with Crippen LogP contribution in [0.3, 0.4) is 0 Å². The van der Waals surface area contributed by atoms with E-state index < -0.39 is 6.10 Å². The maximum absolute atomic E-state index is 10.3. The Morgan fingerprint density at radius 1 is 1.26 bits per heavy atom. The first-order valence-corrected chi connectivity index (χ1v) is 8.82. The SMILES string of the molecule is COc1cccc(NC(N)=NCC(O)CN2CCc3ccccc3C2)c1.I. The maximum atomic E-state index is 10.3. The molecule has 0 bridgehead atoms. The first-order chi connectivity index (χ1) is 12.6. The number of aliphatic hydroxyl groups is 1. The van der Waals surface area contributed by atoms with Crippen LogP contribution in [0, 0.1) is 0 Å². The standard InChI is InChI=1S/C20H26N4O2.HI/c1-26-19-8-4-7-17(11-19)23-20(21)22-12-18(25)14-24-10-9-15-5-2-3-6-16(15)13-24;/h2-8,11,18,25H,9-10,12-14H2,1H3,(H3,21,22,23);1H. The molecule has 1 unspecified atom stereocenters. The Morgan fingerprint density at radius 2 is 2.04 bits per heavy atom. The van der Waals surface area contributed by atoms with Gasteiger partial charge >= 0.3 is 0 Å². The van der Waals surface area contributed by atoms with Crippen LogP contribution >= 0.6 is 24.0 Å². The quantitative estimate of drug-likeness (QED) is 0.335. The topological polar surface area (TPSA) is 83.1 Å². The second-order valence-electron chi connectivity index (χ2n) is 6.49. The molecule has 2 aromatic rings. The summed E-state index contributed by atoms with van der Waals surface area (Å²) in [7, 11) is 1.62. The minimum absolute atomic E-state index is 0. The van der Waals surface area contributed by atoms with Crippen LogP contribution in [0.4, 0.5) is 5.69 Å². The molecule has 0 spiro atoms. The van der Waals surface area contributed by atoms with Crippen LogP contribution in [0.5, 0.6) is 5.75 Å². The van der Waals surface area contributed by atoms with E-state index in [-0.39, 0.29) is 36.5 Å². The molecule has 0 radical (unpaired) electrons. The summed E-state index contributed by atoms with van der Waals surface area (Å²) in [6.45, 7) is 2.68. The van der Waals surface area contributed by atoms with Crippen LogP contribution in [-0.4, -0.2) is 48.8 Å². The van der Waals surface area contributed by atoms with Crippen molar-refractivity contribution in [3.05, 3.63) is 59.7 Å². The number of anilines is 1. The summed E-state index contributed by atoms with van der Waals surface area (Å²) >= 11 is 0. The van der Waals surface area contributed by atoms with E-state index in [0.717, 1.165) is 30.9 Å². The Balaban J connectivity index is 0.00000261. The van der Waals surface area contributed by atoms with Crippen molar-refractivity contribution in [1.29, 1.82) is 0 Å². The smallest absolute Gasteiger partial charge is 0.193 e. The Hall–Kier alpha value is -1.84. The molecule has 1 heterocycles. The van der Waals surface area contributed by atoms with Crippen LogP contribution in [0.15, 0.2) is 53.5 Å². The molecule has 4 N–H and O–H groups in total. The molecule has 7 heteroatoms. The maximum Gasteiger partial charge on any atom is 0.193 e. The highest BCUT2D eigenvalue weighted by molar-refractivity contribution is 14.0. The fourth-order valence-electron chi connectivity index (χ4n) is 3.16. The van der Waals surface area contributed by atoms with Crippen molar-refractivity contribution < 1.29 is 9.84 Å². The van der Waals surface area contributed by atoms with E-state index in [1.165, 1.54) is 11.1 Å². The number of nitrogens with one attached hydrogen (secondary N) is 1. The van der Waals surface area contributed by atoms with E-state index in [9.17, 15) is 5.11 Å². The fraction of sp³-hybridized carbons (Fsp3) is 0.350. The van der Waals surface area contributed by atoms with E-state index in [2.05, 4.69) is 39.5 Å². The van der Waals surface area contributed by atoms with E-state index in [1.54, 1.807) is 7.11 Å². The second kappa shape index (κ2) is 10.5. The van der Waals surface area contributed by atoms with Gasteiger partial charge in [0.2, 0.25) is 0 Å². The fourth-order valence-corrected chi connectivity index (χ4v) is 3.16.